The van der Waals surface area contributed by atoms with Crippen molar-refractivity contribution < 1.29 is 9.47 Å². The first-order valence-corrected chi connectivity index (χ1v) is 8.48. The number of aromatic amines is 1. The van der Waals surface area contributed by atoms with E-state index in [2.05, 4.69) is 29.6 Å². The highest BCUT2D eigenvalue weighted by molar-refractivity contribution is 6.76. The number of hydrogen-bond donors (Lipinski definition) is 1. The molecule has 14 heavy (non-hydrogen) atoms. The molecule has 1 heterocycles. The van der Waals surface area contributed by atoms with Crippen LogP contribution in [0.25, 0.3) is 0 Å². The molecule has 1 N–H and O–H groups in total. The molecule has 0 atom stereocenters. The maximum atomic E-state index is 5.34. The van der Waals surface area contributed by atoms with Crippen LogP contribution in [0.15, 0.2) is 12.4 Å². The van der Waals surface area contributed by atoms with Crippen molar-refractivity contribution in [1.82, 2.24) is 9.97 Å². The quantitative estimate of drug-likeness (QED) is 0.448. The standard InChI is InChI=1S/C9H18N2O2Si/c1-14(2,3)7-6-12-8-13-9-10-4-5-11-9/h4-5H,6-8H2,1-3H3,(H,10,11). The number of H-pyrrole nitrogens is 1. The van der Waals surface area contributed by atoms with E-state index in [1.54, 1.807) is 12.4 Å². The van der Waals surface area contributed by atoms with Gasteiger partial charge in [-0.3, -0.25) is 0 Å². The molecule has 0 radical (unpaired) electrons. The fourth-order valence-electron chi connectivity index (χ4n) is 0.864. The molecule has 1 aromatic rings. The highest BCUT2D eigenvalue weighted by Crippen LogP contribution is 2.07. The van der Waals surface area contributed by atoms with Crippen LogP contribution in [0.1, 0.15) is 0 Å². The number of hydrogen-bond acceptors (Lipinski definition) is 3. The molecular formula is C9H18N2O2Si. The van der Waals surface area contributed by atoms with Gasteiger partial charge in [0, 0.05) is 27.1 Å². The zero-order valence-electron chi connectivity index (χ0n) is 9.04. The number of ether oxygens (including phenoxy) is 2. The van der Waals surface area contributed by atoms with E-state index in [1.165, 1.54) is 0 Å². The second kappa shape index (κ2) is 5.16. The van der Waals surface area contributed by atoms with Crippen LogP contribution in [0.5, 0.6) is 6.01 Å². The lowest BCUT2D eigenvalue weighted by Gasteiger charge is -2.15. The van der Waals surface area contributed by atoms with Crippen LogP contribution in [0.3, 0.4) is 0 Å². The molecule has 0 saturated carbocycles. The molecule has 0 aliphatic heterocycles. The molecule has 1 rings (SSSR count). The first kappa shape index (κ1) is 11.3. The Morgan fingerprint density at radius 1 is 1.43 bits per heavy atom. The van der Waals surface area contributed by atoms with Gasteiger partial charge in [-0.25, -0.2) is 4.98 Å². The van der Waals surface area contributed by atoms with Gasteiger partial charge in [-0.05, 0) is 6.04 Å². The summed E-state index contributed by atoms with van der Waals surface area (Å²) in [6.07, 6.45) is 3.37. The Morgan fingerprint density at radius 2 is 2.21 bits per heavy atom. The van der Waals surface area contributed by atoms with E-state index in [4.69, 9.17) is 9.47 Å². The first-order chi connectivity index (χ1) is 6.58. The minimum Gasteiger partial charge on any atom is -0.438 e. The maximum absolute atomic E-state index is 5.34. The number of aromatic nitrogens is 2. The predicted molar refractivity (Wildman–Crippen MR) is 58.2 cm³/mol. The molecule has 0 bridgehead atoms. The van der Waals surface area contributed by atoms with Crippen molar-refractivity contribution in [3.8, 4) is 6.01 Å². The van der Waals surface area contributed by atoms with E-state index >= 15 is 0 Å². The second-order valence-electron chi connectivity index (χ2n) is 4.38. The molecule has 0 saturated heterocycles. The molecule has 0 aromatic carbocycles. The SMILES string of the molecule is C[Si](C)(C)CCOCOc1ncc[nH]1. The average Bonchev–Trinajstić information content (AvgIpc) is 2.54. The van der Waals surface area contributed by atoms with E-state index in [1.807, 2.05) is 0 Å². The van der Waals surface area contributed by atoms with Crippen LogP contribution in [0, 0.1) is 0 Å². The summed E-state index contributed by atoms with van der Waals surface area (Å²) >= 11 is 0. The zero-order chi connectivity index (χ0) is 10.4. The van der Waals surface area contributed by atoms with Gasteiger partial charge < -0.3 is 14.5 Å². The Hall–Kier alpha value is -0.813. The van der Waals surface area contributed by atoms with Crippen LogP contribution in [0.2, 0.25) is 25.7 Å². The first-order valence-electron chi connectivity index (χ1n) is 4.78. The van der Waals surface area contributed by atoms with Gasteiger partial charge in [-0.1, -0.05) is 19.6 Å². The summed E-state index contributed by atoms with van der Waals surface area (Å²) in [4.78, 5) is 6.75. The Morgan fingerprint density at radius 3 is 2.79 bits per heavy atom. The molecule has 4 nitrogen and oxygen atoms in total. The Kier molecular flexibility index (Phi) is 4.15. The number of nitrogens with one attached hydrogen (secondary N) is 1. The van der Waals surface area contributed by atoms with Crippen molar-refractivity contribution >= 4 is 8.07 Å². The van der Waals surface area contributed by atoms with Crippen LogP contribution in [-0.4, -0.2) is 31.4 Å². The highest BCUT2D eigenvalue weighted by atomic mass is 28.3. The summed E-state index contributed by atoms with van der Waals surface area (Å²) in [7, 11) is -0.977. The summed E-state index contributed by atoms with van der Waals surface area (Å²) in [6.45, 7) is 8.02. The minimum absolute atomic E-state index is 0.276. The van der Waals surface area contributed by atoms with Crippen molar-refractivity contribution in [2.45, 2.75) is 25.7 Å². The smallest absolute Gasteiger partial charge is 0.295 e. The molecule has 0 fully saturated rings. The van der Waals surface area contributed by atoms with E-state index in [-0.39, 0.29) is 6.79 Å². The number of imidazole rings is 1. The van der Waals surface area contributed by atoms with Crippen molar-refractivity contribution in [1.29, 1.82) is 0 Å². The molecular weight excluding hydrogens is 196 g/mol. The van der Waals surface area contributed by atoms with Gasteiger partial charge in [0.05, 0.1) is 0 Å². The van der Waals surface area contributed by atoms with Gasteiger partial charge in [-0.15, -0.1) is 0 Å². The van der Waals surface area contributed by atoms with Gasteiger partial charge in [0.2, 0.25) is 0 Å². The largest absolute Gasteiger partial charge is 0.438 e. The Balaban J connectivity index is 2.00. The summed E-state index contributed by atoms with van der Waals surface area (Å²) in [5.74, 6) is 0. The van der Waals surface area contributed by atoms with Crippen molar-refractivity contribution in [2.75, 3.05) is 13.4 Å². The number of rotatable bonds is 6. The van der Waals surface area contributed by atoms with Gasteiger partial charge >= 0.3 is 0 Å². The second-order valence-corrected chi connectivity index (χ2v) is 10.00. The molecule has 5 heteroatoms. The monoisotopic (exact) mass is 214 g/mol. The van der Waals surface area contributed by atoms with E-state index in [0.717, 1.165) is 12.7 Å². The summed E-state index contributed by atoms with van der Waals surface area (Å²) < 4.78 is 10.5. The van der Waals surface area contributed by atoms with Crippen LogP contribution < -0.4 is 4.74 Å². The third kappa shape index (κ3) is 5.03. The third-order valence-corrected chi connectivity index (χ3v) is 3.45. The lowest BCUT2D eigenvalue weighted by molar-refractivity contribution is 0.0169. The zero-order valence-corrected chi connectivity index (χ0v) is 10.0. The predicted octanol–water partition coefficient (Wildman–Crippen LogP) is 2.10. The average molecular weight is 214 g/mol. The molecule has 0 aliphatic rings. The maximum Gasteiger partial charge on any atom is 0.295 e. The van der Waals surface area contributed by atoms with E-state index in [0.29, 0.717) is 6.01 Å². The molecule has 0 aliphatic carbocycles. The topological polar surface area (TPSA) is 47.1 Å². The summed E-state index contributed by atoms with van der Waals surface area (Å²) in [5, 5.41) is 0. The van der Waals surface area contributed by atoms with Gasteiger partial charge in [0.25, 0.3) is 6.01 Å². The molecule has 1 aromatic heterocycles. The Labute approximate surface area is 85.7 Å². The van der Waals surface area contributed by atoms with Crippen LogP contribution >= 0.6 is 0 Å². The fraction of sp³-hybridized carbons (Fsp3) is 0.667. The summed E-state index contributed by atoms with van der Waals surface area (Å²) in [5.41, 5.74) is 0. The number of nitrogens with zero attached hydrogens (tertiary/aromatic N) is 1. The van der Waals surface area contributed by atoms with Crippen molar-refractivity contribution in [2.24, 2.45) is 0 Å². The van der Waals surface area contributed by atoms with Gasteiger partial charge in [0.1, 0.15) is 0 Å². The van der Waals surface area contributed by atoms with Gasteiger partial charge in [0.15, 0.2) is 6.79 Å². The molecule has 0 spiro atoms. The normalized spacial score (nSPS) is 11.6. The van der Waals surface area contributed by atoms with Crippen LogP contribution in [0.4, 0.5) is 0 Å². The molecule has 0 unspecified atom stereocenters. The highest BCUT2D eigenvalue weighted by Gasteiger charge is 2.11. The Bertz CT molecular complexity index is 244. The van der Waals surface area contributed by atoms with Gasteiger partial charge in [-0.2, -0.15) is 0 Å². The third-order valence-electron chi connectivity index (χ3n) is 1.75. The molecule has 80 valence electrons. The van der Waals surface area contributed by atoms with Crippen LogP contribution in [-0.2, 0) is 4.74 Å². The van der Waals surface area contributed by atoms with E-state index in [9.17, 15) is 0 Å². The lowest BCUT2D eigenvalue weighted by Crippen LogP contribution is -2.22. The van der Waals surface area contributed by atoms with Crippen molar-refractivity contribution in [3.63, 3.8) is 0 Å². The molecule has 0 amide bonds. The minimum atomic E-state index is -0.977. The lowest BCUT2D eigenvalue weighted by atomic mass is 10.8. The fourth-order valence-corrected chi connectivity index (χ4v) is 1.62. The summed E-state index contributed by atoms with van der Waals surface area (Å²) in [6, 6.07) is 1.67. The van der Waals surface area contributed by atoms with E-state index < -0.39 is 8.07 Å². The van der Waals surface area contributed by atoms with Crippen molar-refractivity contribution in [3.05, 3.63) is 12.4 Å².